The van der Waals surface area contributed by atoms with Crippen molar-refractivity contribution in [1.82, 2.24) is 20.1 Å². The Hall–Kier alpha value is -3.67. The van der Waals surface area contributed by atoms with Crippen LogP contribution >= 0.6 is 0 Å². The molecule has 1 unspecified atom stereocenters. The summed E-state index contributed by atoms with van der Waals surface area (Å²) in [6.07, 6.45) is 2.18. The van der Waals surface area contributed by atoms with Crippen molar-refractivity contribution >= 4 is 28.5 Å². The van der Waals surface area contributed by atoms with Gasteiger partial charge >= 0.3 is 0 Å². The largest absolute Gasteiger partial charge is 0.394 e. The van der Waals surface area contributed by atoms with Crippen LogP contribution in [0.4, 0.5) is 17.5 Å². The van der Waals surface area contributed by atoms with Gasteiger partial charge in [0.15, 0.2) is 16.9 Å². The fourth-order valence-electron chi connectivity index (χ4n) is 3.35. The van der Waals surface area contributed by atoms with Crippen LogP contribution in [0.5, 0.6) is 0 Å². The molecule has 2 aromatic heterocycles. The maximum Gasteiger partial charge on any atom is 0.263 e. The summed E-state index contributed by atoms with van der Waals surface area (Å²) in [6.45, 7) is 3.51. The first kappa shape index (κ1) is 23.5. The molecule has 4 aromatic rings. The van der Waals surface area contributed by atoms with Crippen molar-refractivity contribution < 1.29 is 18.4 Å². The van der Waals surface area contributed by atoms with Gasteiger partial charge in [-0.25, -0.2) is 9.19 Å². The van der Waals surface area contributed by atoms with Gasteiger partial charge in [-0.15, -0.1) is 0 Å². The van der Waals surface area contributed by atoms with Gasteiger partial charge in [-0.05, 0) is 36.2 Å². The van der Waals surface area contributed by atoms with Gasteiger partial charge in [0.25, 0.3) is 5.89 Å². The molecule has 176 valence electrons. The highest BCUT2D eigenvalue weighted by molar-refractivity contribution is 7.79. The maximum absolute atomic E-state index is 11.4. The molecule has 0 bridgehead atoms. The quantitative estimate of drug-likeness (QED) is 0.260. The van der Waals surface area contributed by atoms with E-state index in [0.717, 1.165) is 5.56 Å². The first-order valence-corrected chi connectivity index (χ1v) is 11.7. The molecule has 11 heteroatoms. The van der Waals surface area contributed by atoms with Crippen LogP contribution < -0.4 is 10.6 Å². The summed E-state index contributed by atoms with van der Waals surface area (Å²) in [6, 6.07) is 14.1. The molecule has 4 N–H and O–H groups in total. The van der Waals surface area contributed by atoms with E-state index >= 15 is 0 Å². The fourth-order valence-corrected chi connectivity index (χ4v) is 3.87. The minimum absolute atomic E-state index is 0.167. The highest BCUT2D eigenvalue weighted by Gasteiger charge is 2.20. The van der Waals surface area contributed by atoms with Gasteiger partial charge in [-0.1, -0.05) is 42.4 Å². The average molecular weight is 481 g/mol. The van der Waals surface area contributed by atoms with Crippen LogP contribution in [-0.2, 0) is 17.5 Å². The molecule has 0 amide bonds. The summed E-state index contributed by atoms with van der Waals surface area (Å²) in [5, 5.41) is 20.3. The number of hydrogen-bond donors (Lipinski definition) is 4. The van der Waals surface area contributed by atoms with Crippen molar-refractivity contribution in [2.45, 2.75) is 31.2 Å². The van der Waals surface area contributed by atoms with Crippen LogP contribution in [0.2, 0.25) is 0 Å². The summed E-state index contributed by atoms with van der Waals surface area (Å²) < 4.78 is 26.2. The smallest absolute Gasteiger partial charge is 0.263 e. The Morgan fingerprint density at radius 1 is 1.15 bits per heavy atom. The third-order valence-corrected chi connectivity index (χ3v) is 5.95. The van der Waals surface area contributed by atoms with Gasteiger partial charge < -0.3 is 24.8 Å². The number of benzene rings is 2. The lowest BCUT2D eigenvalue weighted by Gasteiger charge is -2.19. The van der Waals surface area contributed by atoms with Gasteiger partial charge in [0, 0.05) is 18.3 Å². The van der Waals surface area contributed by atoms with Crippen LogP contribution in [0.1, 0.15) is 29.9 Å². The van der Waals surface area contributed by atoms with E-state index in [9.17, 15) is 13.9 Å². The minimum atomic E-state index is -2.06. The number of aliphatic hydroxyl groups excluding tert-OH is 1. The summed E-state index contributed by atoms with van der Waals surface area (Å²) >= 11 is -2.06. The molecule has 0 aliphatic heterocycles. The van der Waals surface area contributed by atoms with Crippen LogP contribution in [0.25, 0.3) is 11.5 Å². The maximum atomic E-state index is 11.4. The SMILES string of the molecule is CCc1noc(-c2cnc(Nc3ccc(S(=O)O)c(C)c3)nc2N[C@H](CO)c2ccccc2)n1. The number of anilines is 3. The number of aromatic nitrogens is 4. The molecule has 4 rings (SSSR count). The van der Waals surface area contributed by atoms with Crippen molar-refractivity contribution in [2.24, 2.45) is 0 Å². The second-order valence-electron chi connectivity index (χ2n) is 7.47. The molecular formula is C23H24N6O4S. The fraction of sp³-hybridized carbons (Fsp3) is 0.217. The zero-order valence-electron chi connectivity index (χ0n) is 18.6. The third kappa shape index (κ3) is 5.28. The van der Waals surface area contributed by atoms with Crippen molar-refractivity contribution in [3.63, 3.8) is 0 Å². The molecule has 2 aromatic carbocycles. The van der Waals surface area contributed by atoms with E-state index in [0.29, 0.717) is 39.8 Å². The van der Waals surface area contributed by atoms with E-state index in [1.54, 1.807) is 31.3 Å². The zero-order chi connectivity index (χ0) is 24.1. The van der Waals surface area contributed by atoms with Gasteiger partial charge in [0.2, 0.25) is 5.95 Å². The van der Waals surface area contributed by atoms with Gasteiger partial charge in [0.05, 0.1) is 17.5 Å². The van der Waals surface area contributed by atoms with Crippen molar-refractivity contribution in [3.8, 4) is 11.5 Å². The molecule has 0 aliphatic rings. The van der Waals surface area contributed by atoms with Crippen LogP contribution in [-0.4, -0.2) is 40.6 Å². The predicted molar refractivity (Wildman–Crippen MR) is 128 cm³/mol. The minimum Gasteiger partial charge on any atom is -0.394 e. The molecule has 0 radical (unpaired) electrons. The Morgan fingerprint density at radius 3 is 2.59 bits per heavy atom. The van der Waals surface area contributed by atoms with E-state index in [-0.39, 0.29) is 18.4 Å². The normalized spacial score (nSPS) is 12.8. The second kappa shape index (κ2) is 10.5. The summed E-state index contributed by atoms with van der Waals surface area (Å²) in [4.78, 5) is 13.7. The van der Waals surface area contributed by atoms with E-state index in [4.69, 9.17) is 4.52 Å². The van der Waals surface area contributed by atoms with E-state index in [2.05, 4.69) is 30.7 Å². The highest BCUT2D eigenvalue weighted by Crippen LogP contribution is 2.30. The Balaban J connectivity index is 1.69. The standard InChI is InChI=1S/C23H24N6O4S/c1-3-20-27-22(33-29-20)17-12-24-23(25-16-9-10-19(34(31)32)14(2)11-16)28-21(17)26-18(13-30)15-7-5-4-6-8-15/h4-12,18,30H,3,13H2,1-2H3,(H,31,32)(H2,24,25,26,28)/t18-/m1/s1. The van der Waals surface area contributed by atoms with Crippen molar-refractivity contribution in [2.75, 3.05) is 17.2 Å². The van der Waals surface area contributed by atoms with Crippen molar-refractivity contribution in [1.29, 1.82) is 0 Å². The van der Waals surface area contributed by atoms with Gasteiger partial charge in [-0.3, -0.25) is 0 Å². The number of aryl methyl sites for hydroxylation is 2. The molecule has 2 heterocycles. The lowest BCUT2D eigenvalue weighted by molar-refractivity contribution is 0.276. The molecule has 2 atom stereocenters. The van der Waals surface area contributed by atoms with E-state index < -0.39 is 17.1 Å². The van der Waals surface area contributed by atoms with E-state index in [1.165, 1.54) is 0 Å². The lowest BCUT2D eigenvalue weighted by atomic mass is 10.1. The predicted octanol–water partition coefficient (Wildman–Crippen LogP) is 3.87. The average Bonchev–Trinajstić information content (AvgIpc) is 3.32. The Bertz CT molecular complexity index is 1300. The number of aliphatic hydroxyl groups is 1. The number of hydrogen-bond acceptors (Lipinski definition) is 9. The molecule has 0 saturated carbocycles. The van der Waals surface area contributed by atoms with Crippen LogP contribution in [0.3, 0.4) is 0 Å². The Morgan fingerprint density at radius 2 is 1.94 bits per heavy atom. The highest BCUT2D eigenvalue weighted by atomic mass is 32.2. The van der Waals surface area contributed by atoms with Gasteiger partial charge in [0.1, 0.15) is 11.4 Å². The third-order valence-electron chi connectivity index (χ3n) is 5.12. The summed E-state index contributed by atoms with van der Waals surface area (Å²) in [5.74, 6) is 1.50. The molecule has 0 aliphatic carbocycles. The second-order valence-corrected chi connectivity index (χ2v) is 8.41. The van der Waals surface area contributed by atoms with Crippen LogP contribution in [0, 0.1) is 6.92 Å². The molecule has 34 heavy (non-hydrogen) atoms. The summed E-state index contributed by atoms with van der Waals surface area (Å²) in [5.41, 5.74) is 2.68. The molecule has 10 nitrogen and oxygen atoms in total. The monoisotopic (exact) mass is 480 g/mol. The number of nitrogens with one attached hydrogen (secondary N) is 2. The van der Waals surface area contributed by atoms with Crippen molar-refractivity contribution in [3.05, 3.63) is 71.7 Å². The summed E-state index contributed by atoms with van der Waals surface area (Å²) in [7, 11) is 0. The first-order chi connectivity index (χ1) is 16.5. The van der Waals surface area contributed by atoms with E-state index in [1.807, 2.05) is 37.3 Å². The molecule has 0 spiro atoms. The van der Waals surface area contributed by atoms with Crippen LogP contribution in [0.15, 0.2) is 64.1 Å². The molecule has 0 fully saturated rings. The Labute approximate surface area is 198 Å². The molecular weight excluding hydrogens is 456 g/mol. The lowest BCUT2D eigenvalue weighted by Crippen LogP contribution is -2.17. The topological polar surface area (TPSA) is 146 Å². The Kier molecular flexibility index (Phi) is 7.26. The first-order valence-electron chi connectivity index (χ1n) is 10.6. The number of rotatable bonds is 9. The number of nitrogens with zero attached hydrogens (tertiary/aromatic N) is 4. The molecule has 0 saturated heterocycles. The van der Waals surface area contributed by atoms with Gasteiger partial charge in [-0.2, -0.15) is 9.97 Å². The zero-order valence-corrected chi connectivity index (χ0v) is 19.4.